The van der Waals surface area contributed by atoms with Crippen LogP contribution in [0.3, 0.4) is 0 Å². The van der Waals surface area contributed by atoms with E-state index in [-0.39, 0.29) is 11.3 Å². The van der Waals surface area contributed by atoms with Gasteiger partial charge in [-0.1, -0.05) is 48.0 Å². The minimum atomic E-state index is -0.779. The second kappa shape index (κ2) is 7.45. The molecule has 2 N–H and O–H groups in total. The molecule has 26 heavy (non-hydrogen) atoms. The highest BCUT2D eigenvalue weighted by atomic mass is 35.5. The Hall–Kier alpha value is -3.05. The molecule has 0 heterocycles. The van der Waals surface area contributed by atoms with Crippen LogP contribution in [0.4, 0.5) is 5.69 Å². The number of hydrogen-bond acceptors (Lipinski definition) is 4. The zero-order chi connectivity index (χ0) is 18.7. The van der Waals surface area contributed by atoms with Gasteiger partial charge in [0.25, 0.3) is 5.91 Å². The highest BCUT2D eigenvalue weighted by molar-refractivity contribution is 6.33. The molecule has 0 atom stereocenters. The fourth-order valence-electron chi connectivity index (χ4n) is 2.54. The number of aromatic hydroxyl groups is 1. The van der Waals surface area contributed by atoms with Crippen molar-refractivity contribution in [3.8, 4) is 5.75 Å². The number of phenolic OH excluding ortho intramolecular Hbond substituents is 1. The number of ether oxygens (including phenoxy) is 1. The molecular weight excluding hydrogens is 354 g/mol. The topological polar surface area (TPSA) is 75.6 Å². The molecule has 0 saturated heterocycles. The predicted octanol–water partition coefficient (Wildman–Crippen LogP) is 4.30. The number of nitrogens with one attached hydrogen (secondary N) is 1. The molecule has 3 rings (SSSR count). The zero-order valence-corrected chi connectivity index (χ0v) is 14.7. The molecule has 5 nitrogen and oxygen atoms in total. The monoisotopic (exact) mass is 369 g/mol. The summed E-state index contributed by atoms with van der Waals surface area (Å²) in [7, 11) is 0. The molecule has 0 saturated carbocycles. The molecule has 0 radical (unpaired) electrons. The van der Waals surface area contributed by atoms with Crippen LogP contribution in [0.1, 0.15) is 15.9 Å². The Morgan fingerprint density at radius 3 is 2.65 bits per heavy atom. The van der Waals surface area contributed by atoms with E-state index in [4.69, 9.17) is 16.3 Å². The number of carbonyl (C=O) groups excluding carboxylic acids is 2. The van der Waals surface area contributed by atoms with E-state index in [2.05, 4.69) is 5.32 Å². The van der Waals surface area contributed by atoms with Crippen LogP contribution in [-0.4, -0.2) is 23.6 Å². The maximum Gasteiger partial charge on any atom is 0.342 e. The summed E-state index contributed by atoms with van der Waals surface area (Å²) < 4.78 is 5.00. The highest BCUT2D eigenvalue weighted by Crippen LogP contribution is 2.29. The zero-order valence-electron chi connectivity index (χ0n) is 14.0. The summed E-state index contributed by atoms with van der Waals surface area (Å²) in [5.41, 5.74) is 1.41. The van der Waals surface area contributed by atoms with Crippen LogP contribution in [0.2, 0.25) is 5.02 Å². The third-order valence-corrected chi connectivity index (χ3v) is 4.17. The van der Waals surface area contributed by atoms with Crippen LogP contribution >= 0.6 is 11.6 Å². The van der Waals surface area contributed by atoms with E-state index in [0.717, 1.165) is 10.9 Å². The maximum atomic E-state index is 12.2. The molecular formula is C20H16ClNO4. The smallest absolute Gasteiger partial charge is 0.342 e. The first-order chi connectivity index (χ1) is 12.5. The fourth-order valence-corrected chi connectivity index (χ4v) is 2.82. The molecule has 0 aromatic heterocycles. The molecule has 0 fully saturated rings. The van der Waals surface area contributed by atoms with Crippen molar-refractivity contribution in [1.82, 2.24) is 0 Å². The Labute approximate surface area is 155 Å². The van der Waals surface area contributed by atoms with Crippen LogP contribution in [-0.2, 0) is 9.53 Å². The highest BCUT2D eigenvalue weighted by Gasteiger charge is 2.17. The summed E-state index contributed by atoms with van der Waals surface area (Å²) in [6.45, 7) is 1.39. The largest absolute Gasteiger partial charge is 0.506 e. The fraction of sp³-hybridized carbons (Fsp3) is 0.100. The summed E-state index contributed by atoms with van der Waals surface area (Å²) >= 11 is 6.05. The number of amides is 1. The number of esters is 1. The normalized spacial score (nSPS) is 10.5. The molecule has 132 valence electrons. The van der Waals surface area contributed by atoms with Gasteiger partial charge in [-0.3, -0.25) is 4.79 Å². The number of hydrogen-bond donors (Lipinski definition) is 2. The standard InChI is InChI=1S/C20H16ClNO4/c1-12-6-9-17(16(21)10-12)22-18(23)11-26-20(25)15-8-7-13-4-2-3-5-14(13)19(15)24/h2-10,24H,11H2,1H3,(H,22,23). The van der Waals surface area contributed by atoms with Crippen molar-refractivity contribution < 1.29 is 19.4 Å². The van der Waals surface area contributed by atoms with E-state index in [9.17, 15) is 14.7 Å². The molecule has 3 aromatic rings. The van der Waals surface area contributed by atoms with E-state index in [1.807, 2.05) is 19.1 Å². The van der Waals surface area contributed by atoms with Crippen molar-refractivity contribution in [2.45, 2.75) is 6.92 Å². The SMILES string of the molecule is Cc1ccc(NC(=O)COC(=O)c2ccc3ccccc3c2O)c(Cl)c1. The molecule has 3 aromatic carbocycles. The van der Waals surface area contributed by atoms with E-state index in [1.165, 1.54) is 6.07 Å². The van der Waals surface area contributed by atoms with Gasteiger partial charge in [0, 0.05) is 5.39 Å². The lowest BCUT2D eigenvalue weighted by Crippen LogP contribution is -2.21. The molecule has 0 unspecified atom stereocenters. The van der Waals surface area contributed by atoms with Crippen molar-refractivity contribution in [2.24, 2.45) is 0 Å². The lowest BCUT2D eigenvalue weighted by atomic mass is 10.1. The Morgan fingerprint density at radius 1 is 1.12 bits per heavy atom. The summed E-state index contributed by atoms with van der Waals surface area (Å²) in [5, 5.41) is 14.6. The Kier molecular flexibility index (Phi) is 5.09. The molecule has 0 bridgehead atoms. The average Bonchev–Trinajstić information content (AvgIpc) is 2.62. The molecule has 0 aliphatic rings. The van der Waals surface area contributed by atoms with Crippen molar-refractivity contribution >= 4 is 39.9 Å². The lowest BCUT2D eigenvalue weighted by molar-refractivity contribution is -0.119. The summed E-state index contributed by atoms with van der Waals surface area (Å²) in [4.78, 5) is 24.2. The quantitative estimate of drug-likeness (QED) is 0.672. The van der Waals surface area contributed by atoms with Crippen LogP contribution in [0.15, 0.2) is 54.6 Å². The van der Waals surface area contributed by atoms with E-state index in [1.54, 1.807) is 36.4 Å². The maximum absolute atomic E-state index is 12.2. The first-order valence-corrected chi connectivity index (χ1v) is 8.27. The van der Waals surface area contributed by atoms with E-state index < -0.39 is 18.5 Å². The number of phenols is 1. The van der Waals surface area contributed by atoms with Crippen molar-refractivity contribution in [3.05, 3.63) is 70.7 Å². The third kappa shape index (κ3) is 3.78. The summed E-state index contributed by atoms with van der Waals surface area (Å²) in [6.07, 6.45) is 0. The Bertz CT molecular complexity index is 1000. The molecule has 0 aliphatic heterocycles. The van der Waals surface area contributed by atoms with Crippen LogP contribution in [0, 0.1) is 6.92 Å². The number of halogens is 1. The van der Waals surface area contributed by atoms with Crippen molar-refractivity contribution in [3.63, 3.8) is 0 Å². The first kappa shape index (κ1) is 17.8. The molecule has 6 heteroatoms. The predicted molar refractivity (Wildman–Crippen MR) is 101 cm³/mol. The van der Waals surface area contributed by atoms with E-state index >= 15 is 0 Å². The number of rotatable bonds is 4. The van der Waals surface area contributed by atoms with Gasteiger partial charge in [0.1, 0.15) is 11.3 Å². The summed E-state index contributed by atoms with van der Waals surface area (Å²) in [6, 6.07) is 15.5. The van der Waals surface area contributed by atoms with Crippen molar-refractivity contribution in [1.29, 1.82) is 0 Å². The molecule has 0 aliphatic carbocycles. The van der Waals surface area contributed by atoms with Gasteiger partial charge < -0.3 is 15.2 Å². The average molecular weight is 370 g/mol. The van der Waals surface area contributed by atoms with Gasteiger partial charge in [-0.2, -0.15) is 0 Å². The number of fused-ring (bicyclic) bond motifs is 1. The van der Waals surface area contributed by atoms with Crippen LogP contribution < -0.4 is 5.32 Å². The summed E-state index contributed by atoms with van der Waals surface area (Å²) in [5.74, 6) is -1.47. The number of carbonyl (C=O) groups is 2. The lowest BCUT2D eigenvalue weighted by Gasteiger charge is -2.10. The number of aryl methyl sites for hydroxylation is 1. The Balaban J connectivity index is 1.67. The molecule has 1 amide bonds. The number of benzene rings is 3. The van der Waals surface area contributed by atoms with Gasteiger partial charge in [-0.15, -0.1) is 0 Å². The van der Waals surface area contributed by atoms with Gasteiger partial charge in [0.2, 0.25) is 0 Å². The van der Waals surface area contributed by atoms with Crippen LogP contribution in [0.25, 0.3) is 10.8 Å². The minimum absolute atomic E-state index is 0.00451. The van der Waals surface area contributed by atoms with Gasteiger partial charge in [-0.05, 0) is 36.1 Å². The second-order valence-electron chi connectivity index (χ2n) is 5.79. The first-order valence-electron chi connectivity index (χ1n) is 7.89. The van der Waals surface area contributed by atoms with Crippen LogP contribution in [0.5, 0.6) is 5.75 Å². The van der Waals surface area contributed by atoms with Gasteiger partial charge >= 0.3 is 5.97 Å². The van der Waals surface area contributed by atoms with Gasteiger partial charge in [-0.25, -0.2) is 4.79 Å². The minimum Gasteiger partial charge on any atom is -0.506 e. The number of anilines is 1. The Morgan fingerprint density at radius 2 is 1.88 bits per heavy atom. The van der Waals surface area contributed by atoms with E-state index in [0.29, 0.717) is 16.1 Å². The van der Waals surface area contributed by atoms with Gasteiger partial charge in [0.15, 0.2) is 6.61 Å². The third-order valence-electron chi connectivity index (χ3n) is 3.85. The second-order valence-corrected chi connectivity index (χ2v) is 6.20. The molecule has 0 spiro atoms. The van der Waals surface area contributed by atoms with Crippen molar-refractivity contribution in [2.75, 3.05) is 11.9 Å². The van der Waals surface area contributed by atoms with Gasteiger partial charge in [0.05, 0.1) is 10.7 Å².